The Balaban J connectivity index is 0. The Labute approximate surface area is 67.2 Å². The minimum Gasteiger partial charge on any atom is -0.463 e. The number of hydrogen-bond donors (Lipinski definition) is 1. The summed E-state index contributed by atoms with van der Waals surface area (Å²) in [5.41, 5.74) is 0.451. The van der Waals surface area contributed by atoms with Gasteiger partial charge in [0.25, 0.3) is 0 Å². The summed E-state index contributed by atoms with van der Waals surface area (Å²) in [6.45, 7) is 7.21. The molecule has 1 N–H and O–H groups in total. The predicted molar refractivity (Wildman–Crippen MR) is 42.7 cm³/mol. The molecule has 0 aromatic carbocycles. The summed E-state index contributed by atoms with van der Waals surface area (Å²) in [4.78, 5) is 17.5. The van der Waals surface area contributed by atoms with Crippen LogP contribution >= 0.6 is 8.69 Å². The summed E-state index contributed by atoms with van der Waals surface area (Å²) in [6.07, 6.45) is 0. The van der Waals surface area contributed by atoms with Gasteiger partial charge in [-0.2, -0.15) is 4.89 Å². The van der Waals surface area contributed by atoms with Crippen molar-refractivity contribution in [3.05, 3.63) is 12.2 Å². The molecule has 0 aliphatic rings. The lowest BCUT2D eigenvalue weighted by Crippen LogP contribution is -2.03. The van der Waals surface area contributed by atoms with Crippen molar-refractivity contribution in [2.24, 2.45) is 0 Å². The fraction of sp³-hybridized carbons (Fsp3) is 0.500. The summed E-state index contributed by atoms with van der Waals surface area (Å²) in [5, 5.41) is 0. The quantitative estimate of drug-likeness (QED) is 0.391. The number of esters is 1. The molecular formula is C6H12O4P+. The molecule has 0 bridgehead atoms. The van der Waals surface area contributed by atoms with Gasteiger partial charge in [-0.3, -0.25) is 0 Å². The van der Waals surface area contributed by atoms with Gasteiger partial charge < -0.3 is 4.74 Å². The van der Waals surface area contributed by atoms with E-state index in [-0.39, 0.29) is 5.97 Å². The average molecular weight is 179 g/mol. The summed E-state index contributed by atoms with van der Waals surface area (Å²) < 4.78 is 13.1. The van der Waals surface area contributed by atoms with Crippen LogP contribution < -0.4 is 0 Å². The predicted octanol–water partition coefficient (Wildman–Crippen LogP) is 1.04. The van der Waals surface area contributed by atoms with E-state index in [4.69, 9.17) is 9.46 Å². The van der Waals surface area contributed by atoms with E-state index < -0.39 is 8.69 Å². The Morgan fingerprint density at radius 1 is 1.73 bits per heavy atom. The molecule has 64 valence electrons. The van der Waals surface area contributed by atoms with Crippen molar-refractivity contribution in [1.82, 2.24) is 0 Å². The second-order valence-electron chi connectivity index (χ2n) is 1.59. The first-order chi connectivity index (χ1) is 5.09. The summed E-state index contributed by atoms with van der Waals surface area (Å²) >= 11 is 0. The molecule has 1 unspecified atom stereocenters. The normalized spacial score (nSPS) is 7.91. The molecule has 0 rings (SSSR count). The minimum absolute atomic E-state index is 0.312. The Bertz CT molecular complexity index is 144. The lowest BCUT2D eigenvalue weighted by atomic mass is 10.4. The van der Waals surface area contributed by atoms with E-state index in [0.29, 0.717) is 12.2 Å². The smallest absolute Gasteiger partial charge is 0.463 e. The van der Waals surface area contributed by atoms with E-state index in [0.717, 1.165) is 0 Å². The first kappa shape index (κ1) is 12.9. The molecule has 0 radical (unpaired) electrons. The van der Waals surface area contributed by atoms with Crippen molar-refractivity contribution in [3.63, 3.8) is 0 Å². The molecule has 0 saturated carbocycles. The van der Waals surface area contributed by atoms with E-state index in [2.05, 4.69) is 11.3 Å². The van der Waals surface area contributed by atoms with E-state index in [9.17, 15) is 4.79 Å². The molecule has 0 amide bonds. The van der Waals surface area contributed by atoms with Gasteiger partial charge in [0, 0.05) is 5.57 Å². The van der Waals surface area contributed by atoms with Crippen LogP contribution in [0.4, 0.5) is 0 Å². The number of carbonyl (C=O) groups excluding carboxylic acids is 1. The maximum Gasteiger partial charge on any atom is 0.491 e. The van der Waals surface area contributed by atoms with Gasteiger partial charge in [0.05, 0.1) is 6.61 Å². The molecule has 0 saturated heterocycles. The van der Waals surface area contributed by atoms with Gasteiger partial charge in [0.1, 0.15) is 0 Å². The summed E-state index contributed by atoms with van der Waals surface area (Å²) in [5.74, 6) is -0.312. The highest BCUT2D eigenvalue weighted by Gasteiger charge is 1.98. The van der Waals surface area contributed by atoms with E-state index in [1.807, 2.05) is 0 Å². The SMILES string of the molecule is C=C(C)C(=O)OCC.O=[PH+]O. The molecule has 0 aromatic heterocycles. The van der Waals surface area contributed by atoms with Gasteiger partial charge in [-0.15, -0.1) is 0 Å². The molecule has 11 heavy (non-hydrogen) atoms. The molecule has 0 aliphatic heterocycles. The van der Waals surface area contributed by atoms with Crippen molar-refractivity contribution in [3.8, 4) is 0 Å². The van der Waals surface area contributed by atoms with Crippen LogP contribution in [0.1, 0.15) is 13.8 Å². The Morgan fingerprint density at radius 2 is 2.09 bits per heavy atom. The zero-order valence-corrected chi connectivity index (χ0v) is 7.59. The highest BCUT2D eigenvalue weighted by molar-refractivity contribution is 7.16. The van der Waals surface area contributed by atoms with Crippen molar-refractivity contribution in [1.29, 1.82) is 0 Å². The maximum atomic E-state index is 10.4. The van der Waals surface area contributed by atoms with E-state index >= 15 is 0 Å². The molecule has 4 nitrogen and oxygen atoms in total. The summed E-state index contributed by atoms with van der Waals surface area (Å²) in [6, 6.07) is 0. The standard InChI is InChI=1S/C6H10O2.HO2P/c1-4-8-6(7)5(2)3;1-3-2/h2,4H2,1,3H3;3H/p+1. The van der Waals surface area contributed by atoms with Crippen LogP contribution in [0, 0.1) is 0 Å². The second-order valence-corrected chi connectivity index (χ2v) is 1.77. The lowest BCUT2D eigenvalue weighted by molar-refractivity contribution is -0.138. The fourth-order valence-electron chi connectivity index (χ4n) is 0.254. The summed E-state index contributed by atoms with van der Waals surface area (Å²) in [7, 11) is -1.17. The largest absolute Gasteiger partial charge is 0.491 e. The van der Waals surface area contributed by atoms with Crippen LogP contribution in [-0.4, -0.2) is 17.5 Å². The minimum atomic E-state index is -1.17. The second kappa shape index (κ2) is 9.27. The molecule has 0 aromatic rings. The Hall–Kier alpha value is -0.730. The van der Waals surface area contributed by atoms with E-state index in [1.54, 1.807) is 13.8 Å². The number of hydrogen-bond acceptors (Lipinski definition) is 3. The van der Waals surface area contributed by atoms with Crippen LogP contribution in [0.5, 0.6) is 0 Å². The number of rotatable bonds is 2. The van der Waals surface area contributed by atoms with Gasteiger partial charge in [0.2, 0.25) is 0 Å². The number of ether oxygens (including phenoxy) is 1. The van der Waals surface area contributed by atoms with Crippen LogP contribution in [0.3, 0.4) is 0 Å². The maximum absolute atomic E-state index is 10.4. The fourth-order valence-corrected chi connectivity index (χ4v) is 0.254. The first-order valence-corrected chi connectivity index (χ1v) is 3.79. The number of carbonyl (C=O) groups is 1. The average Bonchev–Trinajstić information content (AvgIpc) is 1.90. The topological polar surface area (TPSA) is 63.6 Å². The molecule has 0 heterocycles. The third kappa shape index (κ3) is 12.5. The molecule has 5 heteroatoms. The van der Waals surface area contributed by atoms with Gasteiger partial charge in [-0.1, -0.05) is 6.58 Å². The molecule has 0 aliphatic carbocycles. The molecule has 1 atom stereocenters. The first-order valence-electron chi connectivity index (χ1n) is 2.94. The lowest BCUT2D eigenvalue weighted by Gasteiger charge is -1.96. The van der Waals surface area contributed by atoms with Crippen LogP contribution in [0.25, 0.3) is 0 Å². The van der Waals surface area contributed by atoms with E-state index in [1.165, 1.54) is 0 Å². The molecular weight excluding hydrogens is 167 g/mol. The highest BCUT2D eigenvalue weighted by Crippen LogP contribution is 1.89. The van der Waals surface area contributed by atoms with Gasteiger partial charge in [-0.05, 0) is 18.4 Å². The molecule has 0 fully saturated rings. The third-order valence-electron chi connectivity index (χ3n) is 0.624. The van der Waals surface area contributed by atoms with Crippen LogP contribution in [-0.2, 0) is 14.1 Å². The van der Waals surface area contributed by atoms with Crippen molar-refractivity contribution < 1.29 is 19.0 Å². The Morgan fingerprint density at radius 3 is 2.18 bits per heavy atom. The van der Waals surface area contributed by atoms with Gasteiger partial charge in [-0.25, -0.2) is 4.79 Å². The van der Waals surface area contributed by atoms with Crippen molar-refractivity contribution >= 4 is 14.7 Å². The van der Waals surface area contributed by atoms with Crippen LogP contribution in [0.2, 0.25) is 0 Å². The zero-order chi connectivity index (χ0) is 9.28. The van der Waals surface area contributed by atoms with Gasteiger partial charge in [0.15, 0.2) is 0 Å². The Kier molecular flexibility index (Phi) is 10.9. The third-order valence-corrected chi connectivity index (χ3v) is 0.624. The molecule has 0 spiro atoms. The highest BCUT2D eigenvalue weighted by atomic mass is 31.1. The monoisotopic (exact) mass is 179 g/mol. The van der Waals surface area contributed by atoms with Crippen molar-refractivity contribution in [2.45, 2.75) is 13.8 Å². The zero-order valence-electron chi connectivity index (χ0n) is 6.59. The van der Waals surface area contributed by atoms with Gasteiger partial charge >= 0.3 is 14.7 Å². The van der Waals surface area contributed by atoms with Crippen LogP contribution in [0.15, 0.2) is 12.2 Å². The van der Waals surface area contributed by atoms with Crippen molar-refractivity contribution in [2.75, 3.05) is 6.61 Å².